The summed E-state index contributed by atoms with van der Waals surface area (Å²) in [7, 11) is -6.27. The summed E-state index contributed by atoms with van der Waals surface area (Å²) < 4.78 is 198. The van der Waals surface area contributed by atoms with Gasteiger partial charge in [-0.2, -0.15) is 65.5 Å². The summed E-state index contributed by atoms with van der Waals surface area (Å²) >= 11 is 0. The predicted octanol–water partition coefficient (Wildman–Crippen LogP) is 6.04. The lowest BCUT2D eigenvalue weighted by molar-refractivity contribution is -0.433. The van der Waals surface area contributed by atoms with Crippen LogP contribution < -0.4 is 4.18 Å². The maximum atomic E-state index is 13.9. The average Bonchev–Trinajstić information content (AvgIpc) is 2.67. The van der Waals surface area contributed by atoms with Crippen LogP contribution in [0.5, 0.6) is 5.75 Å². The van der Waals surface area contributed by atoms with Gasteiger partial charge in [-0.15, -0.1) is 17.0 Å². The topological polar surface area (TPSA) is 66.8 Å². The van der Waals surface area contributed by atoms with Gasteiger partial charge in [0.25, 0.3) is 0 Å². The summed E-state index contributed by atoms with van der Waals surface area (Å²) in [6, 6.07) is 2.76. The van der Waals surface area contributed by atoms with Crippen molar-refractivity contribution in [1.29, 1.82) is 0 Å². The molecule has 0 heterocycles. The Hall–Kier alpha value is -1.11. The van der Waals surface area contributed by atoms with Crippen molar-refractivity contribution in [3.8, 4) is 5.75 Å². The predicted molar refractivity (Wildman–Crippen MR) is 104 cm³/mol. The van der Waals surface area contributed by atoms with E-state index >= 15 is 0 Å². The van der Waals surface area contributed by atoms with Crippen molar-refractivity contribution in [3.63, 3.8) is 0 Å². The van der Waals surface area contributed by atoms with Gasteiger partial charge in [-0.25, -0.2) is 0 Å². The Bertz CT molecular complexity index is 1000. The Kier molecular flexibility index (Phi) is 10.2. The molecular weight excluding hydrogens is 648 g/mol. The molecule has 1 atom stereocenters. The lowest BCUT2D eigenvalue weighted by Gasteiger charge is -2.38. The Labute approximate surface area is 206 Å². The summed E-state index contributed by atoms with van der Waals surface area (Å²) in [6.07, 6.45) is -7.72. The third kappa shape index (κ3) is 5.81. The van der Waals surface area contributed by atoms with E-state index in [1.165, 1.54) is 18.8 Å². The first-order valence-corrected chi connectivity index (χ1v) is 11.2. The largest absolute Gasteiger partial charge is 0.460 e. The second-order valence-electron chi connectivity index (χ2n) is 6.87. The van der Waals surface area contributed by atoms with Gasteiger partial charge in [0.05, 0.1) is 0 Å². The molecule has 36 heavy (non-hydrogen) atoms. The molecule has 0 bridgehead atoms. The molecule has 212 valence electrons. The van der Waals surface area contributed by atoms with Gasteiger partial charge in [-0.05, 0) is 31.8 Å². The maximum absolute atomic E-state index is 13.9. The standard InChI is InChI=1S/C15H13F13NO4PS.BrH/c1-29(2)34(30)7-8-3-5-9(6-4-8)33-35(31,32)15(27,28)13(22,23)11(18,19)10(16,17)12(20,21)14(24,25)26;/h3-6,30H,7H2,1-2H3;1H. The minimum Gasteiger partial charge on any atom is -0.378 e. The lowest BCUT2D eigenvalue weighted by Crippen LogP contribution is -2.71. The van der Waals surface area contributed by atoms with Gasteiger partial charge in [-0.3, -0.25) is 4.67 Å². The van der Waals surface area contributed by atoms with Crippen LogP contribution in [0.4, 0.5) is 57.1 Å². The average molecular weight is 662 g/mol. The van der Waals surface area contributed by atoms with E-state index in [1.54, 1.807) is 0 Å². The van der Waals surface area contributed by atoms with E-state index in [0.717, 1.165) is 12.1 Å². The smallest absolute Gasteiger partial charge is 0.378 e. The lowest BCUT2D eigenvalue weighted by atomic mass is 9.98. The number of halogens is 14. The van der Waals surface area contributed by atoms with Crippen LogP contribution >= 0.6 is 25.3 Å². The summed E-state index contributed by atoms with van der Waals surface area (Å²) in [5.74, 6) is -33.8. The van der Waals surface area contributed by atoms with Gasteiger partial charge in [0.2, 0.25) is 0 Å². The van der Waals surface area contributed by atoms with E-state index < -0.39 is 59.3 Å². The number of nitrogens with zero attached hydrogens (tertiary/aromatic N) is 1. The van der Waals surface area contributed by atoms with Gasteiger partial charge in [0, 0.05) is 6.16 Å². The zero-order chi connectivity index (χ0) is 28.1. The molecule has 1 rings (SSSR count). The second-order valence-corrected chi connectivity index (χ2v) is 10.3. The van der Waals surface area contributed by atoms with Crippen molar-refractivity contribution in [3.05, 3.63) is 29.8 Å². The van der Waals surface area contributed by atoms with E-state index in [1.807, 2.05) is 0 Å². The van der Waals surface area contributed by atoms with Crippen molar-refractivity contribution < 1.29 is 74.6 Å². The highest BCUT2D eigenvalue weighted by Crippen LogP contribution is 2.61. The highest BCUT2D eigenvalue weighted by atomic mass is 79.9. The first-order chi connectivity index (χ1) is 15.3. The normalized spacial score (nSPS) is 15.5. The van der Waals surface area contributed by atoms with Crippen LogP contribution in [0.1, 0.15) is 5.56 Å². The van der Waals surface area contributed by atoms with Crippen molar-refractivity contribution >= 4 is 35.4 Å². The fraction of sp³-hybridized carbons (Fsp3) is 0.600. The summed E-state index contributed by atoms with van der Waals surface area (Å²) in [4.78, 5) is 9.71. The van der Waals surface area contributed by atoms with E-state index in [4.69, 9.17) is 0 Å². The van der Waals surface area contributed by atoms with Crippen LogP contribution in [0.2, 0.25) is 0 Å². The van der Waals surface area contributed by atoms with Gasteiger partial charge >= 0.3 is 45.2 Å². The van der Waals surface area contributed by atoms with Crippen LogP contribution in [-0.4, -0.2) is 67.2 Å². The first kappa shape index (κ1) is 34.9. The van der Waals surface area contributed by atoms with E-state index in [0.29, 0.717) is 12.1 Å². The fourth-order valence-electron chi connectivity index (χ4n) is 2.05. The summed E-state index contributed by atoms with van der Waals surface area (Å²) in [5.41, 5.74) is 0.190. The van der Waals surface area contributed by atoms with Gasteiger partial charge in [-0.1, -0.05) is 12.1 Å². The SMILES string of the molecule is Br.CN(C)P(O)Cc1ccc(OS(=O)(=O)C(F)(F)C(F)(F)C(F)(F)C(F)(F)C(F)(F)C(F)(F)F)cc1. The van der Waals surface area contributed by atoms with Crippen LogP contribution in [-0.2, 0) is 16.3 Å². The van der Waals surface area contributed by atoms with Crippen LogP contribution in [0, 0.1) is 0 Å². The van der Waals surface area contributed by atoms with Gasteiger partial charge < -0.3 is 9.08 Å². The number of hydrogen-bond acceptors (Lipinski definition) is 5. The number of alkyl halides is 13. The third-order valence-corrected chi connectivity index (χ3v) is 7.00. The molecule has 0 saturated carbocycles. The molecule has 1 N–H and O–H groups in total. The quantitative estimate of drug-likeness (QED) is 0.188. The zero-order valence-corrected chi connectivity index (χ0v) is 20.7. The summed E-state index contributed by atoms with van der Waals surface area (Å²) in [6.45, 7) is 0. The molecule has 5 nitrogen and oxygen atoms in total. The molecule has 1 unspecified atom stereocenters. The van der Waals surface area contributed by atoms with Crippen LogP contribution in [0.3, 0.4) is 0 Å². The maximum Gasteiger partial charge on any atom is 0.460 e. The Morgan fingerprint density at radius 3 is 1.53 bits per heavy atom. The Balaban J connectivity index is 0.0000122. The molecule has 0 aromatic heterocycles. The van der Waals surface area contributed by atoms with Crippen LogP contribution in [0.25, 0.3) is 0 Å². The van der Waals surface area contributed by atoms with Crippen molar-refractivity contribution in [2.75, 3.05) is 14.1 Å². The van der Waals surface area contributed by atoms with Crippen molar-refractivity contribution in [2.24, 2.45) is 0 Å². The molecule has 0 aliphatic carbocycles. The molecule has 21 heteroatoms. The number of hydrogen-bond donors (Lipinski definition) is 1. The van der Waals surface area contributed by atoms with Gasteiger partial charge in [0.15, 0.2) is 0 Å². The van der Waals surface area contributed by atoms with E-state index in [-0.39, 0.29) is 28.7 Å². The van der Waals surface area contributed by atoms with Crippen molar-refractivity contribution in [1.82, 2.24) is 4.67 Å². The van der Waals surface area contributed by atoms with Gasteiger partial charge in [0.1, 0.15) is 14.0 Å². The highest BCUT2D eigenvalue weighted by molar-refractivity contribution is 8.93. The minimum absolute atomic E-state index is 0. The second kappa shape index (κ2) is 10.6. The monoisotopic (exact) mass is 661 g/mol. The molecule has 0 radical (unpaired) electrons. The molecule has 1 aromatic rings. The van der Waals surface area contributed by atoms with E-state index in [2.05, 4.69) is 4.18 Å². The molecule has 0 fully saturated rings. The molecule has 0 aliphatic heterocycles. The summed E-state index contributed by atoms with van der Waals surface area (Å²) in [5, 5.41) is -7.45. The third-order valence-electron chi connectivity index (χ3n) is 4.13. The highest BCUT2D eigenvalue weighted by Gasteiger charge is 2.93. The Morgan fingerprint density at radius 1 is 0.778 bits per heavy atom. The number of rotatable bonds is 10. The number of benzene rings is 1. The van der Waals surface area contributed by atoms with E-state index in [9.17, 15) is 70.4 Å². The minimum atomic E-state index is -8.27. The molecule has 0 aliphatic rings. The molecule has 0 saturated heterocycles. The molecule has 1 aromatic carbocycles. The Morgan fingerprint density at radius 2 is 1.17 bits per heavy atom. The first-order valence-electron chi connectivity index (χ1n) is 8.40. The molecular formula is C15H14BrF13NO4PS. The van der Waals surface area contributed by atoms with Crippen molar-refractivity contribution in [2.45, 2.75) is 41.3 Å². The molecule has 0 spiro atoms. The fourth-order valence-corrected chi connectivity index (χ4v) is 3.78. The van der Waals surface area contributed by atoms with Crippen LogP contribution in [0.15, 0.2) is 24.3 Å². The zero-order valence-electron chi connectivity index (χ0n) is 17.3. The molecule has 0 amide bonds.